The number of benzene rings is 3. The maximum Gasteiger partial charge on any atom is 0.326 e. The zero-order chi connectivity index (χ0) is 29.3. The van der Waals surface area contributed by atoms with Crippen LogP contribution in [0.25, 0.3) is 21.9 Å². The van der Waals surface area contributed by atoms with Gasteiger partial charge in [0.1, 0.15) is 23.0 Å². The van der Waals surface area contributed by atoms with Crippen molar-refractivity contribution in [3.63, 3.8) is 0 Å². The fourth-order valence-electron chi connectivity index (χ4n) is 4.55. The van der Waals surface area contributed by atoms with Gasteiger partial charge in [-0.15, -0.1) is 12.4 Å². The number of amidine groups is 1. The number of nitrogens with two attached hydrogens (primary N) is 1. The van der Waals surface area contributed by atoms with Crippen molar-refractivity contribution in [2.75, 3.05) is 18.0 Å². The molecule has 0 fully saturated rings. The standard InChI is InChI=1S/C29H26N6O5S.ClH/c1-34-24-13-12-21(16-22(24)33-23(29(34)37)15-18-8-10-20(11-9-18)28(30)31)35(17-26(36)40-2)41(38,39)25-7-3-5-19-6-4-14-32-27(19)25;/h3-14,16H,15,17H2,1-2H3,(H3,30,31);1H. The molecule has 0 saturated heterocycles. The monoisotopic (exact) mass is 606 g/mol. The summed E-state index contributed by atoms with van der Waals surface area (Å²) in [5.74, 6) is -0.820. The van der Waals surface area contributed by atoms with Crippen LogP contribution in [0.5, 0.6) is 0 Å². The van der Waals surface area contributed by atoms with Crippen LogP contribution in [0, 0.1) is 5.41 Å². The van der Waals surface area contributed by atoms with E-state index in [9.17, 15) is 18.0 Å². The number of nitrogen functional groups attached to an aromatic ring is 1. The first-order chi connectivity index (χ1) is 19.6. The Morgan fingerprint density at radius 2 is 1.79 bits per heavy atom. The number of aromatic nitrogens is 3. The SMILES string of the molecule is COC(=O)CN(c1ccc2c(c1)nc(Cc1ccc(C(=N)N)cc1)c(=O)n2C)S(=O)(=O)c1cccc2cccnc12.Cl. The molecule has 0 saturated carbocycles. The van der Waals surface area contributed by atoms with Gasteiger partial charge in [0, 0.05) is 30.6 Å². The van der Waals surface area contributed by atoms with Gasteiger partial charge in [-0.25, -0.2) is 13.4 Å². The molecule has 2 aromatic heterocycles. The Morgan fingerprint density at radius 1 is 1.07 bits per heavy atom. The van der Waals surface area contributed by atoms with Crippen molar-refractivity contribution in [3.05, 3.63) is 106 Å². The molecule has 0 aliphatic heterocycles. The Kier molecular flexibility index (Phi) is 8.59. The molecule has 3 aromatic carbocycles. The van der Waals surface area contributed by atoms with Crippen LogP contribution in [-0.2, 0) is 33.0 Å². The summed E-state index contributed by atoms with van der Waals surface area (Å²) in [6, 6.07) is 19.8. The largest absolute Gasteiger partial charge is 0.468 e. The van der Waals surface area contributed by atoms with E-state index in [4.69, 9.17) is 15.9 Å². The molecule has 5 rings (SSSR count). The predicted molar refractivity (Wildman–Crippen MR) is 163 cm³/mol. The molecule has 0 unspecified atom stereocenters. The maximum absolute atomic E-state index is 14.0. The van der Waals surface area contributed by atoms with Crippen LogP contribution in [0.3, 0.4) is 0 Å². The van der Waals surface area contributed by atoms with Crippen LogP contribution in [0.1, 0.15) is 16.8 Å². The lowest BCUT2D eigenvalue weighted by Gasteiger charge is -2.24. The molecule has 42 heavy (non-hydrogen) atoms. The van der Waals surface area contributed by atoms with Gasteiger partial charge >= 0.3 is 5.97 Å². The molecule has 5 aromatic rings. The van der Waals surface area contributed by atoms with E-state index in [1.54, 1.807) is 61.6 Å². The van der Waals surface area contributed by atoms with Gasteiger partial charge in [-0.05, 0) is 35.9 Å². The minimum atomic E-state index is -4.30. The first kappa shape index (κ1) is 30.2. The molecule has 0 bridgehead atoms. The van der Waals surface area contributed by atoms with Crippen molar-refractivity contribution >= 4 is 61.9 Å². The molecule has 2 heterocycles. The Balaban J connectivity index is 0.00000405. The molecule has 216 valence electrons. The molecule has 0 aliphatic rings. The van der Waals surface area contributed by atoms with Crippen molar-refractivity contribution in [1.29, 1.82) is 5.41 Å². The van der Waals surface area contributed by atoms with Crippen molar-refractivity contribution in [2.24, 2.45) is 12.8 Å². The molecule has 0 atom stereocenters. The number of rotatable bonds is 8. The highest BCUT2D eigenvalue weighted by Gasteiger charge is 2.30. The number of sulfonamides is 1. The van der Waals surface area contributed by atoms with Gasteiger partial charge in [0.2, 0.25) is 0 Å². The fourth-order valence-corrected chi connectivity index (χ4v) is 6.12. The fraction of sp³-hybridized carbons (Fsp3) is 0.138. The number of carbonyl (C=O) groups is 1. The van der Waals surface area contributed by atoms with Crippen molar-refractivity contribution in [2.45, 2.75) is 11.3 Å². The number of methoxy groups -OCH3 is 1. The Labute approximate surface area is 247 Å². The first-order valence-electron chi connectivity index (χ1n) is 12.5. The van der Waals surface area contributed by atoms with Gasteiger partial charge in [-0.2, -0.15) is 0 Å². The van der Waals surface area contributed by atoms with E-state index in [0.29, 0.717) is 22.0 Å². The lowest BCUT2D eigenvalue weighted by Crippen LogP contribution is -2.36. The highest BCUT2D eigenvalue weighted by molar-refractivity contribution is 7.93. The van der Waals surface area contributed by atoms with Crippen molar-refractivity contribution in [1.82, 2.24) is 14.5 Å². The number of nitrogens with zero attached hydrogens (tertiary/aromatic N) is 4. The molecule has 0 radical (unpaired) electrons. The smallest absolute Gasteiger partial charge is 0.326 e. The summed E-state index contributed by atoms with van der Waals surface area (Å²) in [6.07, 6.45) is 1.71. The molecule has 0 amide bonds. The van der Waals surface area contributed by atoms with E-state index in [0.717, 1.165) is 9.87 Å². The van der Waals surface area contributed by atoms with Crippen LogP contribution in [0.2, 0.25) is 0 Å². The van der Waals surface area contributed by atoms with E-state index >= 15 is 0 Å². The summed E-state index contributed by atoms with van der Waals surface area (Å²) >= 11 is 0. The van der Waals surface area contributed by atoms with E-state index in [2.05, 4.69) is 9.97 Å². The summed E-state index contributed by atoms with van der Waals surface area (Å²) in [7, 11) is -1.51. The Hall–Kier alpha value is -4.81. The molecule has 0 spiro atoms. The number of para-hydroxylation sites is 1. The van der Waals surface area contributed by atoms with Crippen molar-refractivity contribution < 1.29 is 17.9 Å². The number of pyridine rings is 1. The number of esters is 1. The quantitative estimate of drug-likeness (QED) is 0.155. The third kappa shape index (κ3) is 5.67. The number of hydrogen-bond acceptors (Lipinski definition) is 8. The number of carbonyl (C=O) groups excluding carboxylic acids is 1. The third-order valence-electron chi connectivity index (χ3n) is 6.72. The molecule has 13 heteroatoms. The zero-order valence-corrected chi connectivity index (χ0v) is 24.3. The summed E-state index contributed by atoms with van der Waals surface area (Å²) in [4.78, 5) is 34.3. The lowest BCUT2D eigenvalue weighted by atomic mass is 10.1. The van der Waals surface area contributed by atoms with E-state index in [1.165, 1.54) is 36.1 Å². The number of hydrogen-bond donors (Lipinski definition) is 2. The second-order valence-electron chi connectivity index (χ2n) is 9.30. The van der Waals surface area contributed by atoms with Crippen LogP contribution in [0.15, 0.2) is 88.7 Å². The number of nitrogens with one attached hydrogen (secondary N) is 1. The summed E-state index contributed by atoms with van der Waals surface area (Å²) < 4.78 is 35.2. The Bertz CT molecular complexity index is 1990. The van der Waals surface area contributed by atoms with E-state index in [-0.39, 0.29) is 52.0 Å². The third-order valence-corrected chi connectivity index (χ3v) is 8.52. The number of fused-ring (bicyclic) bond motifs is 2. The minimum Gasteiger partial charge on any atom is -0.468 e. The first-order valence-corrected chi connectivity index (χ1v) is 13.9. The lowest BCUT2D eigenvalue weighted by molar-refractivity contribution is -0.138. The van der Waals surface area contributed by atoms with Crippen LogP contribution >= 0.6 is 12.4 Å². The van der Waals surface area contributed by atoms with E-state index < -0.39 is 22.5 Å². The summed E-state index contributed by atoms with van der Waals surface area (Å²) in [6.45, 7) is -0.589. The zero-order valence-electron chi connectivity index (χ0n) is 22.6. The normalized spacial score (nSPS) is 11.2. The van der Waals surface area contributed by atoms with Crippen LogP contribution in [-0.4, -0.2) is 48.4 Å². The average molecular weight is 607 g/mol. The van der Waals surface area contributed by atoms with Crippen LogP contribution < -0.4 is 15.6 Å². The number of ether oxygens (including phenoxy) is 1. The number of anilines is 1. The molecular weight excluding hydrogens is 580 g/mol. The van der Waals surface area contributed by atoms with Gasteiger partial charge in [-0.3, -0.25) is 24.3 Å². The predicted octanol–water partition coefficient (Wildman–Crippen LogP) is 3.15. The topological polar surface area (TPSA) is 161 Å². The number of halogens is 1. The molecule has 11 nitrogen and oxygen atoms in total. The average Bonchev–Trinajstić information content (AvgIpc) is 2.98. The Morgan fingerprint density at radius 3 is 2.48 bits per heavy atom. The van der Waals surface area contributed by atoms with Crippen molar-refractivity contribution in [3.8, 4) is 0 Å². The van der Waals surface area contributed by atoms with Crippen LogP contribution in [0.4, 0.5) is 5.69 Å². The minimum absolute atomic E-state index is 0. The maximum atomic E-state index is 14.0. The molecule has 3 N–H and O–H groups in total. The summed E-state index contributed by atoms with van der Waals surface area (Å²) in [5, 5.41) is 8.19. The van der Waals surface area contributed by atoms with Gasteiger partial charge in [0.15, 0.2) is 0 Å². The second-order valence-corrected chi connectivity index (χ2v) is 11.1. The molecular formula is C29H27ClN6O5S. The number of aryl methyl sites for hydroxylation is 1. The van der Waals surface area contributed by atoms with Gasteiger partial charge in [-0.1, -0.05) is 42.5 Å². The highest BCUT2D eigenvalue weighted by atomic mass is 35.5. The molecule has 0 aliphatic carbocycles. The summed E-state index contributed by atoms with van der Waals surface area (Å²) in [5.41, 5.74) is 8.10. The van der Waals surface area contributed by atoms with Gasteiger partial charge in [0.25, 0.3) is 15.6 Å². The highest BCUT2D eigenvalue weighted by Crippen LogP contribution is 2.30. The van der Waals surface area contributed by atoms with Gasteiger partial charge < -0.3 is 15.0 Å². The van der Waals surface area contributed by atoms with Gasteiger partial charge in [0.05, 0.1) is 29.3 Å². The van der Waals surface area contributed by atoms with E-state index in [1.807, 2.05) is 0 Å². The second kappa shape index (κ2) is 12.0.